The van der Waals surface area contributed by atoms with Crippen LogP contribution in [0.25, 0.3) is 0 Å². The zero-order valence-electron chi connectivity index (χ0n) is 10.9. The quantitative estimate of drug-likeness (QED) is 0.684. The minimum atomic E-state index is -1.54. The van der Waals surface area contributed by atoms with E-state index in [0.29, 0.717) is 0 Å². The van der Waals surface area contributed by atoms with Gasteiger partial charge in [0.25, 0.3) is 5.69 Å². The number of hydrogen-bond acceptors (Lipinski definition) is 4. The number of nitro groups is 1. The Hall–Kier alpha value is -2.41. The van der Waals surface area contributed by atoms with E-state index in [0.717, 1.165) is 34.4 Å². The molecule has 1 N–H and O–H groups in total. The van der Waals surface area contributed by atoms with Gasteiger partial charge in [0.2, 0.25) is 0 Å². The van der Waals surface area contributed by atoms with Gasteiger partial charge in [-0.25, -0.2) is 9.18 Å². The number of carbonyl (C=O) groups is 1. The molecule has 108 valence electrons. The van der Waals surface area contributed by atoms with E-state index in [4.69, 9.17) is 5.11 Å². The highest BCUT2D eigenvalue weighted by molar-refractivity contribution is 7.99. The Morgan fingerprint density at radius 3 is 2.52 bits per heavy atom. The maximum atomic E-state index is 13.7. The van der Waals surface area contributed by atoms with Gasteiger partial charge >= 0.3 is 5.97 Å². The number of halogens is 1. The summed E-state index contributed by atoms with van der Waals surface area (Å²) in [6.07, 6.45) is 0. The van der Waals surface area contributed by atoms with Gasteiger partial charge in [0.05, 0.1) is 9.82 Å². The van der Waals surface area contributed by atoms with Crippen molar-refractivity contribution in [2.45, 2.75) is 16.7 Å². The number of nitro benzene ring substituents is 1. The molecule has 2 aromatic rings. The Bertz CT molecular complexity index is 733. The van der Waals surface area contributed by atoms with E-state index in [-0.39, 0.29) is 4.90 Å². The standard InChI is InChI=1S/C14H10FNO4S/c1-8-4-2-3-5-12(8)21-13-7-10(15)9(14(17)18)6-11(13)16(19)20/h2-7H,1H3,(H,17,18). The van der Waals surface area contributed by atoms with Gasteiger partial charge < -0.3 is 5.11 Å². The lowest BCUT2D eigenvalue weighted by molar-refractivity contribution is -0.387. The van der Waals surface area contributed by atoms with Gasteiger partial charge in [0.15, 0.2) is 0 Å². The molecular weight excluding hydrogens is 297 g/mol. The van der Waals surface area contributed by atoms with Crippen molar-refractivity contribution in [3.63, 3.8) is 0 Å². The van der Waals surface area contributed by atoms with Crippen LogP contribution in [-0.2, 0) is 0 Å². The summed E-state index contributed by atoms with van der Waals surface area (Å²) in [6.45, 7) is 1.83. The van der Waals surface area contributed by atoms with E-state index in [1.807, 2.05) is 19.1 Å². The van der Waals surface area contributed by atoms with Crippen LogP contribution >= 0.6 is 11.8 Å². The molecule has 2 rings (SSSR count). The molecule has 0 aromatic heterocycles. The number of aryl methyl sites for hydroxylation is 1. The monoisotopic (exact) mass is 307 g/mol. The molecule has 0 spiro atoms. The Balaban J connectivity index is 2.53. The van der Waals surface area contributed by atoms with Crippen molar-refractivity contribution in [2.24, 2.45) is 0 Å². The fourth-order valence-corrected chi connectivity index (χ4v) is 2.73. The van der Waals surface area contributed by atoms with Crippen molar-refractivity contribution >= 4 is 23.4 Å². The SMILES string of the molecule is Cc1ccccc1Sc1cc(F)c(C(=O)O)cc1[N+](=O)[O-]. The second-order valence-corrected chi connectivity index (χ2v) is 5.31. The highest BCUT2D eigenvalue weighted by Gasteiger charge is 2.22. The summed E-state index contributed by atoms with van der Waals surface area (Å²) in [4.78, 5) is 22.0. The Morgan fingerprint density at radius 1 is 1.29 bits per heavy atom. The summed E-state index contributed by atoms with van der Waals surface area (Å²) in [5.41, 5.74) is -0.252. The van der Waals surface area contributed by atoms with Crippen LogP contribution in [-0.4, -0.2) is 16.0 Å². The predicted octanol–water partition coefficient (Wildman–Crippen LogP) is 3.89. The van der Waals surface area contributed by atoms with Crippen molar-refractivity contribution in [3.05, 3.63) is 63.5 Å². The predicted molar refractivity (Wildman–Crippen MR) is 75.3 cm³/mol. The molecule has 0 saturated carbocycles. The zero-order valence-corrected chi connectivity index (χ0v) is 11.7. The number of nitrogens with zero attached hydrogens (tertiary/aromatic N) is 1. The maximum Gasteiger partial charge on any atom is 0.338 e. The third kappa shape index (κ3) is 3.19. The minimum Gasteiger partial charge on any atom is -0.478 e. The molecule has 0 radical (unpaired) electrons. The molecule has 0 saturated heterocycles. The van der Waals surface area contributed by atoms with E-state index in [1.165, 1.54) is 0 Å². The van der Waals surface area contributed by atoms with Crippen LogP contribution in [0.5, 0.6) is 0 Å². The molecule has 21 heavy (non-hydrogen) atoms. The van der Waals surface area contributed by atoms with Crippen LogP contribution in [0.2, 0.25) is 0 Å². The summed E-state index contributed by atoms with van der Waals surface area (Å²) in [7, 11) is 0. The molecule has 7 heteroatoms. The maximum absolute atomic E-state index is 13.7. The lowest BCUT2D eigenvalue weighted by Gasteiger charge is -2.07. The number of hydrogen-bond donors (Lipinski definition) is 1. The first-order valence-corrected chi connectivity index (χ1v) is 6.66. The Morgan fingerprint density at radius 2 is 1.95 bits per heavy atom. The molecule has 0 aliphatic rings. The van der Waals surface area contributed by atoms with Gasteiger partial charge in [-0.3, -0.25) is 10.1 Å². The second-order valence-electron chi connectivity index (χ2n) is 4.23. The number of rotatable bonds is 4. The van der Waals surface area contributed by atoms with Crippen LogP contribution in [0, 0.1) is 22.9 Å². The molecule has 0 heterocycles. The summed E-state index contributed by atoms with van der Waals surface area (Å²) >= 11 is 1.03. The third-order valence-corrected chi connectivity index (χ3v) is 4.01. The highest BCUT2D eigenvalue weighted by Crippen LogP contribution is 2.37. The number of carboxylic acids is 1. The molecule has 2 aromatic carbocycles. The molecule has 0 fully saturated rings. The van der Waals surface area contributed by atoms with Gasteiger partial charge in [-0.15, -0.1) is 0 Å². The molecular formula is C14H10FNO4S. The lowest BCUT2D eigenvalue weighted by Crippen LogP contribution is -2.03. The van der Waals surface area contributed by atoms with Crippen LogP contribution in [0.4, 0.5) is 10.1 Å². The second kappa shape index (κ2) is 5.92. The van der Waals surface area contributed by atoms with Crippen LogP contribution in [0.15, 0.2) is 46.2 Å². The Kier molecular flexibility index (Phi) is 4.23. The summed E-state index contributed by atoms with van der Waals surface area (Å²) in [5.74, 6) is -2.53. The first-order chi connectivity index (χ1) is 9.90. The number of aromatic carboxylic acids is 1. The summed E-state index contributed by atoms with van der Waals surface area (Å²) in [6, 6.07) is 8.81. The molecule has 5 nitrogen and oxygen atoms in total. The molecule has 0 aliphatic heterocycles. The first kappa shape index (κ1) is 15.0. The van der Waals surface area contributed by atoms with Crippen LogP contribution in [0.1, 0.15) is 15.9 Å². The average molecular weight is 307 g/mol. The van der Waals surface area contributed by atoms with Gasteiger partial charge in [0.1, 0.15) is 11.4 Å². The van der Waals surface area contributed by atoms with E-state index in [9.17, 15) is 19.3 Å². The first-order valence-electron chi connectivity index (χ1n) is 5.85. The molecule has 0 bridgehead atoms. The smallest absolute Gasteiger partial charge is 0.338 e. The summed E-state index contributed by atoms with van der Waals surface area (Å²) < 4.78 is 13.7. The normalized spacial score (nSPS) is 10.4. The molecule has 0 aliphatic carbocycles. The fourth-order valence-electron chi connectivity index (χ4n) is 1.72. The summed E-state index contributed by atoms with van der Waals surface area (Å²) in [5, 5.41) is 19.9. The Labute approximate surface area is 123 Å². The van der Waals surface area contributed by atoms with Crippen LogP contribution < -0.4 is 0 Å². The topological polar surface area (TPSA) is 80.4 Å². The van der Waals surface area contributed by atoms with Crippen molar-refractivity contribution in [1.82, 2.24) is 0 Å². The van der Waals surface area contributed by atoms with Crippen LogP contribution in [0.3, 0.4) is 0 Å². The number of carboxylic acid groups (broad SMARTS) is 1. The van der Waals surface area contributed by atoms with E-state index in [1.54, 1.807) is 12.1 Å². The molecule has 0 amide bonds. The van der Waals surface area contributed by atoms with Crippen molar-refractivity contribution in [3.8, 4) is 0 Å². The highest BCUT2D eigenvalue weighted by atomic mass is 32.2. The largest absolute Gasteiger partial charge is 0.478 e. The van der Waals surface area contributed by atoms with Gasteiger partial charge in [0, 0.05) is 11.0 Å². The molecule has 0 atom stereocenters. The number of benzene rings is 2. The van der Waals surface area contributed by atoms with E-state index in [2.05, 4.69) is 0 Å². The van der Waals surface area contributed by atoms with Crippen molar-refractivity contribution in [1.29, 1.82) is 0 Å². The molecule has 0 unspecified atom stereocenters. The van der Waals surface area contributed by atoms with E-state index < -0.39 is 28.0 Å². The van der Waals surface area contributed by atoms with Gasteiger partial charge in [-0.2, -0.15) is 0 Å². The fraction of sp³-hybridized carbons (Fsp3) is 0.0714. The average Bonchev–Trinajstić information content (AvgIpc) is 2.40. The lowest BCUT2D eigenvalue weighted by atomic mass is 10.2. The van der Waals surface area contributed by atoms with Crippen molar-refractivity contribution in [2.75, 3.05) is 0 Å². The van der Waals surface area contributed by atoms with Gasteiger partial charge in [-0.05, 0) is 24.6 Å². The minimum absolute atomic E-state index is 0.0665. The van der Waals surface area contributed by atoms with E-state index >= 15 is 0 Å². The zero-order chi connectivity index (χ0) is 15.6. The third-order valence-electron chi connectivity index (χ3n) is 2.79. The van der Waals surface area contributed by atoms with Crippen molar-refractivity contribution < 1.29 is 19.2 Å². The van der Waals surface area contributed by atoms with Gasteiger partial charge in [-0.1, -0.05) is 30.0 Å².